The molecule has 0 atom stereocenters. The zero-order chi connectivity index (χ0) is 10.9. The van der Waals surface area contributed by atoms with Crippen molar-refractivity contribution >= 4 is 5.78 Å². The van der Waals surface area contributed by atoms with E-state index in [9.17, 15) is 9.90 Å². The molecule has 0 unspecified atom stereocenters. The minimum absolute atomic E-state index is 0.0978. The van der Waals surface area contributed by atoms with Gasteiger partial charge >= 0.3 is 0 Å². The molecule has 0 saturated carbocycles. The van der Waals surface area contributed by atoms with E-state index in [1.165, 1.54) is 0 Å². The number of carbonyl (C=O) groups is 1. The van der Waals surface area contributed by atoms with E-state index in [1.54, 1.807) is 25.1 Å². The lowest BCUT2D eigenvalue weighted by atomic mass is 9.86. The molecule has 0 aliphatic carbocycles. The summed E-state index contributed by atoms with van der Waals surface area (Å²) in [6, 6.07) is 4.95. The maximum Gasteiger partial charge on any atom is 0.168 e. The summed E-state index contributed by atoms with van der Waals surface area (Å²) in [5, 5.41) is 9.32. The van der Waals surface area contributed by atoms with Gasteiger partial charge in [-0.1, -0.05) is 20.8 Å². The molecule has 0 aliphatic heterocycles. The van der Waals surface area contributed by atoms with Gasteiger partial charge in [-0.3, -0.25) is 4.79 Å². The monoisotopic (exact) mass is 192 g/mol. The van der Waals surface area contributed by atoms with Crippen molar-refractivity contribution in [1.29, 1.82) is 0 Å². The molecule has 1 rings (SSSR count). The van der Waals surface area contributed by atoms with Gasteiger partial charge in [0.15, 0.2) is 5.78 Å². The molecule has 0 radical (unpaired) electrons. The smallest absolute Gasteiger partial charge is 0.168 e. The van der Waals surface area contributed by atoms with Crippen LogP contribution < -0.4 is 0 Å². The third-order valence-corrected chi connectivity index (χ3v) is 2.14. The Morgan fingerprint density at radius 2 is 1.86 bits per heavy atom. The number of phenolic OH excluding ortho intramolecular Hbond substituents is 1. The van der Waals surface area contributed by atoms with Crippen LogP contribution in [-0.2, 0) is 0 Å². The largest absolute Gasteiger partial charge is 0.508 e. The van der Waals surface area contributed by atoms with Crippen LogP contribution in [0.25, 0.3) is 0 Å². The first kappa shape index (κ1) is 10.8. The molecule has 2 heteroatoms. The van der Waals surface area contributed by atoms with Crippen molar-refractivity contribution in [3.05, 3.63) is 29.3 Å². The highest BCUT2D eigenvalue weighted by Crippen LogP contribution is 2.24. The summed E-state index contributed by atoms with van der Waals surface area (Å²) in [5.41, 5.74) is 1.02. The highest BCUT2D eigenvalue weighted by molar-refractivity contribution is 6.00. The zero-order valence-electron chi connectivity index (χ0n) is 9.09. The third kappa shape index (κ3) is 2.13. The molecule has 0 bridgehead atoms. The minimum Gasteiger partial charge on any atom is -0.508 e. The van der Waals surface area contributed by atoms with Gasteiger partial charge in [0, 0.05) is 11.0 Å². The second-order valence-electron chi connectivity index (χ2n) is 4.58. The fraction of sp³-hybridized carbons (Fsp3) is 0.417. The number of ketones is 1. The number of aromatic hydroxyl groups is 1. The average molecular weight is 192 g/mol. The lowest BCUT2D eigenvalue weighted by molar-refractivity contribution is 0.0858. The molecule has 76 valence electrons. The second-order valence-corrected chi connectivity index (χ2v) is 4.58. The lowest BCUT2D eigenvalue weighted by Crippen LogP contribution is -2.20. The Morgan fingerprint density at radius 3 is 2.29 bits per heavy atom. The molecular formula is C12H16O2. The SMILES string of the molecule is Cc1cc(C(=O)C(C)(C)C)ccc1O. The van der Waals surface area contributed by atoms with Gasteiger partial charge in [0.1, 0.15) is 5.75 Å². The molecule has 1 aromatic carbocycles. The van der Waals surface area contributed by atoms with Crippen LogP contribution in [0.3, 0.4) is 0 Å². The van der Waals surface area contributed by atoms with Gasteiger partial charge in [-0.05, 0) is 30.7 Å². The molecule has 0 fully saturated rings. The van der Waals surface area contributed by atoms with Gasteiger partial charge in [-0.15, -0.1) is 0 Å². The van der Waals surface area contributed by atoms with Crippen molar-refractivity contribution in [2.45, 2.75) is 27.7 Å². The lowest BCUT2D eigenvalue weighted by Gasteiger charge is -2.16. The molecule has 1 N–H and O–H groups in total. The highest BCUT2D eigenvalue weighted by atomic mass is 16.3. The number of hydrogen-bond acceptors (Lipinski definition) is 2. The Labute approximate surface area is 84.6 Å². The molecule has 0 saturated heterocycles. The minimum atomic E-state index is -0.372. The van der Waals surface area contributed by atoms with Crippen LogP contribution >= 0.6 is 0 Å². The highest BCUT2D eigenvalue weighted by Gasteiger charge is 2.22. The van der Waals surface area contributed by atoms with E-state index in [2.05, 4.69) is 0 Å². The van der Waals surface area contributed by atoms with Crippen LogP contribution in [0.1, 0.15) is 36.7 Å². The molecular weight excluding hydrogens is 176 g/mol. The molecule has 2 nitrogen and oxygen atoms in total. The Bertz CT molecular complexity index is 359. The Morgan fingerprint density at radius 1 is 1.29 bits per heavy atom. The van der Waals surface area contributed by atoms with Crippen molar-refractivity contribution in [3.63, 3.8) is 0 Å². The van der Waals surface area contributed by atoms with Crippen molar-refractivity contribution in [1.82, 2.24) is 0 Å². The third-order valence-electron chi connectivity index (χ3n) is 2.14. The molecule has 0 aliphatic rings. The maximum atomic E-state index is 11.8. The summed E-state index contributed by atoms with van der Waals surface area (Å²) in [5.74, 6) is 0.330. The molecule has 14 heavy (non-hydrogen) atoms. The van der Waals surface area contributed by atoms with E-state index in [1.807, 2.05) is 20.8 Å². The standard InChI is InChI=1S/C12H16O2/c1-8-7-9(5-6-10(8)13)11(14)12(2,3)4/h5-7,13H,1-4H3. The molecule has 0 aromatic heterocycles. The Kier molecular flexibility index (Phi) is 2.65. The van der Waals surface area contributed by atoms with Gasteiger partial charge < -0.3 is 5.11 Å². The number of benzene rings is 1. The van der Waals surface area contributed by atoms with Gasteiger partial charge in [0.25, 0.3) is 0 Å². The van der Waals surface area contributed by atoms with Gasteiger partial charge in [0.2, 0.25) is 0 Å². The summed E-state index contributed by atoms with van der Waals surface area (Å²) in [4.78, 5) is 11.8. The summed E-state index contributed by atoms with van der Waals surface area (Å²) in [6.45, 7) is 7.45. The number of rotatable bonds is 1. The quantitative estimate of drug-likeness (QED) is 0.694. The fourth-order valence-electron chi connectivity index (χ4n) is 1.23. The van der Waals surface area contributed by atoms with E-state index in [4.69, 9.17) is 0 Å². The van der Waals surface area contributed by atoms with Crippen molar-refractivity contribution in [3.8, 4) is 5.75 Å². The number of hydrogen-bond donors (Lipinski definition) is 1. The summed E-state index contributed by atoms with van der Waals surface area (Å²) < 4.78 is 0. The van der Waals surface area contributed by atoms with Crippen LogP contribution in [-0.4, -0.2) is 10.9 Å². The van der Waals surface area contributed by atoms with Gasteiger partial charge in [-0.25, -0.2) is 0 Å². The predicted molar refractivity (Wildman–Crippen MR) is 56.6 cm³/mol. The maximum absolute atomic E-state index is 11.8. The molecule has 0 spiro atoms. The van der Waals surface area contributed by atoms with E-state index >= 15 is 0 Å². The number of Topliss-reactive ketones (excluding diaryl/α,β-unsaturated/α-hetero) is 1. The fourth-order valence-corrected chi connectivity index (χ4v) is 1.23. The van der Waals surface area contributed by atoms with Crippen LogP contribution in [0.2, 0.25) is 0 Å². The molecule has 0 heterocycles. The summed E-state index contributed by atoms with van der Waals surface area (Å²) >= 11 is 0. The Balaban J connectivity index is 3.10. The van der Waals surface area contributed by atoms with E-state index in [-0.39, 0.29) is 16.9 Å². The molecule has 1 aromatic rings. The summed E-state index contributed by atoms with van der Waals surface area (Å²) in [6.07, 6.45) is 0. The van der Waals surface area contributed by atoms with Crippen molar-refractivity contribution in [2.75, 3.05) is 0 Å². The second kappa shape index (κ2) is 3.45. The van der Waals surface area contributed by atoms with E-state index in [0.29, 0.717) is 5.56 Å². The predicted octanol–water partition coefficient (Wildman–Crippen LogP) is 2.93. The average Bonchev–Trinajstić information content (AvgIpc) is 2.07. The molecule has 0 amide bonds. The zero-order valence-corrected chi connectivity index (χ0v) is 9.09. The first-order valence-corrected chi connectivity index (χ1v) is 4.67. The van der Waals surface area contributed by atoms with Gasteiger partial charge in [-0.2, -0.15) is 0 Å². The first-order valence-electron chi connectivity index (χ1n) is 4.67. The number of phenols is 1. The normalized spacial score (nSPS) is 11.4. The first-order chi connectivity index (χ1) is 6.32. The number of aryl methyl sites for hydroxylation is 1. The van der Waals surface area contributed by atoms with Crippen LogP contribution in [0.5, 0.6) is 5.75 Å². The van der Waals surface area contributed by atoms with Crippen LogP contribution in [0.4, 0.5) is 0 Å². The van der Waals surface area contributed by atoms with Gasteiger partial charge in [0.05, 0.1) is 0 Å². The van der Waals surface area contributed by atoms with Crippen LogP contribution in [0, 0.1) is 12.3 Å². The van der Waals surface area contributed by atoms with E-state index in [0.717, 1.165) is 5.56 Å². The van der Waals surface area contributed by atoms with E-state index < -0.39 is 0 Å². The van der Waals surface area contributed by atoms with Crippen LogP contribution in [0.15, 0.2) is 18.2 Å². The van der Waals surface area contributed by atoms with Crippen molar-refractivity contribution < 1.29 is 9.90 Å². The Hall–Kier alpha value is -1.31. The number of carbonyl (C=O) groups excluding carboxylic acids is 1. The van der Waals surface area contributed by atoms with Crippen molar-refractivity contribution in [2.24, 2.45) is 5.41 Å². The summed E-state index contributed by atoms with van der Waals surface area (Å²) in [7, 11) is 0. The topological polar surface area (TPSA) is 37.3 Å².